The molecule has 0 amide bonds. The number of hydrogen-bond donors (Lipinski definition) is 1. The zero-order valence-electron chi connectivity index (χ0n) is 17.8. The maximum atomic E-state index is 3.75. The van der Waals surface area contributed by atoms with Crippen LogP contribution < -0.4 is 0 Å². The molecule has 2 aliphatic carbocycles. The Labute approximate surface area is 187 Å². The Morgan fingerprint density at radius 1 is 0.625 bits per heavy atom. The van der Waals surface area contributed by atoms with Gasteiger partial charge in [-0.25, -0.2) is 0 Å². The summed E-state index contributed by atoms with van der Waals surface area (Å²) in [4.78, 5) is 3.75. The maximum absolute atomic E-state index is 3.75. The number of allylic oxidation sites excluding steroid dienone is 4. The highest BCUT2D eigenvalue weighted by Crippen LogP contribution is 2.54. The van der Waals surface area contributed by atoms with Gasteiger partial charge in [0.2, 0.25) is 0 Å². The minimum absolute atomic E-state index is 0.267. The van der Waals surface area contributed by atoms with Crippen molar-refractivity contribution in [2.75, 3.05) is 0 Å². The van der Waals surface area contributed by atoms with E-state index in [1.807, 2.05) is 0 Å². The summed E-state index contributed by atoms with van der Waals surface area (Å²) in [5, 5.41) is 2.61. The molecule has 2 aliphatic rings. The minimum atomic E-state index is 0.267. The lowest BCUT2D eigenvalue weighted by atomic mass is 9.79. The van der Waals surface area contributed by atoms with Crippen LogP contribution in [0.25, 0.3) is 38.5 Å². The molecule has 1 N–H and O–H groups in total. The van der Waals surface area contributed by atoms with E-state index in [0.29, 0.717) is 0 Å². The Kier molecular flexibility index (Phi) is 3.80. The van der Waals surface area contributed by atoms with Crippen LogP contribution in [0.4, 0.5) is 0 Å². The molecule has 1 heterocycles. The van der Waals surface area contributed by atoms with E-state index < -0.39 is 0 Å². The van der Waals surface area contributed by atoms with Gasteiger partial charge in [0, 0.05) is 27.8 Å². The van der Waals surface area contributed by atoms with E-state index in [9.17, 15) is 0 Å². The average molecular weight is 410 g/mol. The molecule has 4 aromatic carbocycles. The molecular weight excluding hydrogens is 386 g/mol. The van der Waals surface area contributed by atoms with Gasteiger partial charge in [0.05, 0.1) is 5.52 Å². The average Bonchev–Trinajstić information content (AvgIpc) is 3.40. The van der Waals surface area contributed by atoms with E-state index >= 15 is 0 Å². The van der Waals surface area contributed by atoms with Crippen molar-refractivity contribution in [3.63, 3.8) is 0 Å². The first-order valence-corrected chi connectivity index (χ1v) is 11.5. The Morgan fingerprint density at radius 3 is 2.34 bits per heavy atom. The van der Waals surface area contributed by atoms with Gasteiger partial charge in [-0.15, -0.1) is 0 Å². The summed E-state index contributed by atoms with van der Waals surface area (Å²) in [6, 6.07) is 33.2. The van der Waals surface area contributed by atoms with Crippen LogP contribution in [0.15, 0.2) is 109 Å². The second kappa shape index (κ2) is 6.83. The highest BCUT2D eigenvalue weighted by atomic mass is 14.7. The predicted octanol–water partition coefficient (Wildman–Crippen LogP) is 8.24. The van der Waals surface area contributed by atoms with E-state index in [-0.39, 0.29) is 5.92 Å². The van der Waals surface area contributed by atoms with E-state index in [4.69, 9.17) is 0 Å². The van der Waals surface area contributed by atoms with Crippen molar-refractivity contribution >= 4 is 27.4 Å². The zero-order valence-corrected chi connectivity index (χ0v) is 17.8. The van der Waals surface area contributed by atoms with Crippen LogP contribution in [-0.4, -0.2) is 4.98 Å². The number of aromatic amines is 1. The Hall–Kier alpha value is -3.84. The van der Waals surface area contributed by atoms with Crippen molar-refractivity contribution in [2.24, 2.45) is 0 Å². The standard InChI is InChI=1S/C31H23N/c1-2-10-20(11-3-1)21-12-4-5-14-23(21)29-24-15-6-7-16-25(24)30-27(29)19-18-26-22-13-8-9-17-28(22)32-31(26)30/h1-3,6-19,29,32H,4-5H2. The number of benzene rings is 4. The predicted molar refractivity (Wildman–Crippen MR) is 135 cm³/mol. The minimum Gasteiger partial charge on any atom is -0.354 e. The fourth-order valence-corrected chi connectivity index (χ4v) is 5.81. The van der Waals surface area contributed by atoms with E-state index in [1.54, 1.807) is 0 Å². The van der Waals surface area contributed by atoms with Crippen LogP contribution >= 0.6 is 0 Å². The van der Waals surface area contributed by atoms with Crippen molar-refractivity contribution in [2.45, 2.75) is 18.8 Å². The second-order valence-corrected chi connectivity index (χ2v) is 8.86. The SMILES string of the molecule is C1=C(c2ccccc2)C(C2c3ccccc3-c3c2ccc2c3[nH]c3ccccc32)=CCC1. The van der Waals surface area contributed by atoms with Crippen LogP contribution in [0.2, 0.25) is 0 Å². The van der Waals surface area contributed by atoms with E-state index in [1.165, 1.54) is 60.8 Å². The van der Waals surface area contributed by atoms with Gasteiger partial charge >= 0.3 is 0 Å². The van der Waals surface area contributed by atoms with Crippen LogP contribution in [0, 0.1) is 0 Å². The van der Waals surface area contributed by atoms with Crippen molar-refractivity contribution in [1.29, 1.82) is 0 Å². The lowest BCUT2D eigenvalue weighted by Gasteiger charge is -2.24. The summed E-state index contributed by atoms with van der Waals surface area (Å²) in [5.41, 5.74) is 12.2. The highest BCUT2D eigenvalue weighted by molar-refractivity contribution is 6.14. The summed E-state index contributed by atoms with van der Waals surface area (Å²) in [6.07, 6.45) is 7.13. The maximum Gasteiger partial charge on any atom is 0.0547 e. The van der Waals surface area contributed by atoms with Gasteiger partial charge in [-0.1, -0.05) is 97.1 Å². The molecule has 5 aromatic rings. The number of hydrogen-bond acceptors (Lipinski definition) is 0. The van der Waals surface area contributed by atoms with Gasteiger partial charge in [0.25, 0.3) is 0 Å². The number of para-hydroxylation sites is 1. The van der Waals surface area contributed by atoms with Gasteiger partial charge in [0.15, 0.2) is 0 Å². The third-order valence-corrected chi connectivity index (χ3v) is 7.15. The lowest BCUT2D eigenvalue weighted by molar-refractivity contribution is 0.948. The van der Waals surface area contributed by atoms with Crippen molar-refractivity contribution in [3.8, 4) is 11.1 Å². The van der Waals surface area contributed by atoms with Crippen LogP contribution in [0.5, 0.6) is 0 Å². The zero-order chi connectivity index (χ0) is 21.1. The molecule has 0 fully saturated rings. The molecule has 0 saturated carbocycles. The topological polar surface area (TPSA) is 15.8 Å². The molecule has 152 valence electrons. The van der Waals surface area contributed by atoms with Crippen LogP contribution in [0.3, 0.4) is 0 Å². The first kappa shape index (κ1) is 17.8. The molecule has 32 heavy (non-hydrogen) atoms. The molecule has 1 unspecified atom stereocenters. The third kappa shape index (κ3) is 2.45. The fraction of sp³-hybridized carbons (Fsp3) is 0.0968. The second-order valence-electron chi connectivity index (χ2n) is 8.86. The molecule has 0 radical (unpaired) electrons. The monoisotopic (exact) mass is 409 g/mol. The molecule has 0 bridgehead atoms. The van der Waals surface area contributed by atoms with E-state index in [0.717, 1.165) is 12.8 Å². The number of aromatic nitrogens is 1. The fourth-order valence-electron chi connectivity index (χ4n) is 5.81. The van der Waals surface area contributed by atoms with Gasteiger partial charge in [-0.2, -0.15) is 0 Å². The molecule has 1 nitrogen and oxygen atoms in total. The first-order valence-electron chi connectivity index (χ1n) is 11.5. The smallest absolute Gasteiger partial charge is 0.0547 e. The van der Waals surface area contributed by atoms with Crippen molar-refractivity contribution in [1.82, 2.24) is 4.98 Å². The Balaban J connectivity index is 1.50. The molecule has 0 spiro atoms. The van der Waals surface area contributed by atoms with E-state index in [2.05, 4.69) is 108 Å². The number of nitrogens with one attached hydrogen (secondary N) is 1. The number of fused-ring (bicyclic) bond motifs is 7. The van der Waals surface area contributed by atoms with Crippen molar-refractivity contribution < 1.29 is 0 Å². The quantitative estimate of drug-likeness (QED) is 0.302. The molecule has 1 atom stereocenters. The van der Waals surface area contributed by atoms with Crippen molar-refractivity contribution in [3.05, 3.63) is 125 Å². The summed E-state index contributed by atoms with van der Waals surface area (Å²) in [5.74, 6) is 0.267. The normalized spacial score (nSPS) is 17.2. The van der Waals surface area contributed by atoms with Gasteiger partial charge in [-0.05, 0) is 52.3 Å². The molecule has 0 aliphatic heterocycles. The highest BCUT2D eigenvalue weighted by Gasteiger charge is 2.34. The summed E-state index contributed by atoms with van der Waals surface area (Å²) < 4.78 is 0. The first-order chi connectivity index (χ1) is 15.9. The van der Waals surface area contributed by atoms with Gasteiger partial charge in [0.1, 0.15) is 0 Å². The third-order valence-electron chi connectivity index (χ3n) is 7.15. The summed E-state index contributed by atoms with van der Waals surface area (Å²) in [7, 11) is 0. The van der Waals surface area contributed by atoms with Crippen LogP contribution in [-0.2, 0) is 0 Å². The van der Waals surface area contributed by atoms with Crippen LogP contribution in [0.1, 0.15) is 35.4 Å². The largest absolute Gasteiger partial charge is 0.354 e. The molecule has 1 heteroatoms. The Morgan fingerprint density at radius 2 is 1.41 bits per heavy atom. The molecule has 0 saturated heterocycles. The molecule has 1 aromatic heterocycles. The van der Waals surface area contributed by atoms with Gasteiger partial charge in [-0.3, -0.25) is 0 Å². The lowest BCUT2D eigenvalue weighted by Crippen LogP contribution is -2.06. The number of H-pyrrole nitrogens is 1. The summed E-state index contributed by atoms with van der Waals surface area (Å²) in [6.45, 7) is 0. The summed E-state index contributed by atoms with van der Waals surface area (Å²) >= 11 is 0. The number of rotatable bonds is 2. The molecule has 7 rings (SSSR count). The molecular formula is C31H23N. The van der Waals surface area contributed by atoms with Gasteiger partial charge < -0.3 is 4.98 Å². The Bertz CT molecular complexity index is 1560.